The highest BCUT2D eigenvalue weighted by Gasteiger charge is 2.02. The van der Waals surface area contributed by atoms with Gasteiger partial charge in [0.2, 0.25) is 5.91 Å². The molecule has 0 heterocycles. The minimum Gasteiger partial charge on any atom is -0.481 e. The van der Waals surface area contributed by atoms with Crippen LogP contribution in [-0.4, -0.2) is 17.0 Å². The van der Waals surface area contributed by atoms with E-state index in [1.165, 1.54) is 0 Å². The first-order valence-corrected chi connectivity index (χ1v) is 4.20. The van der Waals surface area contributed by atoms with Crippen molar-refractivity contribution in [1.29, 1.82) is 0 Å². The second kappa shape index (κ2) is 4.41. The normalized spacial score (nSPS) is 9.71. The zero-order chi connectivity index (χ0) is 10.6. The molecule has 0 aromatic heterocycles. The lowest BCUT2D eigenvalue weighted by molar-refractivity contribution is -0.136. The topological polar surface area (TPSA) is 80.4 Å². The summed E-state index contributed by atoms with van der Waals surface area (Å²) < 4.78 is 0. The van der Waals surface area contributed by atoms with Crippen molar-refractivity contribution >= 4 is 11.9 Å². The molecular weight excluding hydrogens is 182 g/mol. The van der Waals surface area contributed by atoms with E-state index in [0.29, 0.717) is 12.0 Å². The lowest BCUT2D eigenvalue weighted by atomic mass is 10.1. The van der Waals surface area contributed by atoms with E-state index in [9.17, 15) is 9.59 Å². The number of primary amides is 1. The number of hydrogen-bond donors (Lipinski definition) is 2. The molecule has 0 aliphatic heterocycles. The van der Waals surface area contributed by atoms with E-state index in [1.54, 1.807) is 24.3 Å². The third-order valence-electron chi connectivity index (χ3n) is 1.84. The number of amides is 1. The van der Waals surface area contributed by atoms with Gasteiger partial charge >= 0.3 is 5.97 Å². The Bertz CT molecular complexity index is 360. The SMILES string of the molecule is NC(=O)c1cccc(CCC(=O)O)c1. The van der Waals surface area contributed by atoms with Gasteiger partial charge in [-0.1, -0.05) is 12.1 Å². The molecule has 4 nitrogen and oxygen atoms in total. The maximum absolute atomic E-state index is 10.8. The fraction of sp³-hybridized carbons (Fsp3) is 0.200. The predicted molar refractivity (Wildman–Crippen MR) is 50.9 cm³/mol. The van der Waals surface area contributed by atoms with Crippen LogP contribution in [0.1, 0.15) is 22.3 Å². The van der Waals surface area contributed by atoms with E-state index in [-0.39, 0.29) is 6.42 Å². The van der Waals surface area contributed by atoms with Crippen LogP contribution in [0, 0.1) is 0 Å². The van der Waals surface area contributed by atoms with E-state index in [1.807, 2.05) is 0 Å². The molecule has 1 aromatic carbocycles. The molecule has 0 saturated heterocycles. The second-order valence-corrected chi connectivity index (χ2v) is 2.96. The third-order valence-corrected chi connectivity index (χ3v) is 1.84. The van der Waals surface area contributed by atoms with E-state index in [4.69, 9.17) is 10.8 Å². The van der Waals surface area contributed by atoms with E-state index in [2.05, 4.69) is 0 Å². The fourth-order valence-corrected chi connectivity index (χ4v) is 1.13. The van der Waals surface area contributed by atoms with Crippen LogP contribution in [-0.2, 0) is 11.2 Å². The number of benzene rings is 1. The van der Waals surface area contributed by atoms with Gasteiger partial charge in [-0.3, -0.25) is 9.59 Å². The molecule has 0 unspecified atom stereocenters. The number of carboxylic acid groups (broad SMARTS) is 1. The van der Waals surface area contributed by atoms with E-state index in [0.717, 1.165) is 5.56 Å². The van der Waals surface area contributed by atoms with Crippen LogP contribution in [0.2, 0.25) is 0 Å². The zero-order valence-electron chi connectivity index (χ0n) is 7.56. The monoisotopic (exact) mass is 193 g/mol. The van der Waals surface area contributed by atoms with Crippen molar-refractivity contribution < 1.29 is 14.7 Å². The van der Waals surface area contributed by atoms with Gasteiger partial charge in [0.1, 0.15) is 0 Å². The molecule has 0 saturated carbocycles. The number of carbonyl (C=O) groups is 2. The molecular formula is C10H11NO3. The van der Waals surface area contributed by atoms with Crippen molar-refractivity contribution in [3.05, 3.63) is 35.4 Å². The lowest BCUT2D eigenvalue weighted by Gasteiger charge is -2.00. The Morgan fingerprint density at radius 3 is 2.64 bits per heavy atom. The summed E-state index contributed by atoms with van der Waals surface area (Å²) in [6.45, 7) is 0. The molecule has 1 aromatic rings. The number of hydrogen-bond acceptors (Lipinski definition) is 2. The highest BCUT2D eigenvalue weighted by atomic mass is 16.4. The molecule has 0 radical (unpaired) electrons. The smallest absolute Gasteiger partial charge is 0.303 e. The molecule has 0 spiro atoms. The van der Waals surface area contributed by atoms with E-state index < -0.39 is 11.9 Å². The average Bonchev–Trinajstić information content (AvgIpc) is 2.15. The minimum atomic E-state index is -0.852. The number of carbonyl (C=O) groups excluding carboxylic acids is 1. The second-order valence-electron chi connectivity index (χ2n) is 2.96. The molecule has 3 N–H and O–H groups in total. The predicted octanol–water partition coefficient (Wildman–Crippen LogP) is 0.803. The zero-order valence-corrected chi connectivity index (χ0v) is 7.56. The molecule has 0 bridgehead atoms. The third kappa shape index (κ3) is 2.90. The first-order chi connectivity index (χ1) is 6.59. The summed E-state index contributed by atoms with van der Waals surface area (Å²) in [5, 5.41) is 8.46. The molecule has 1 rings (SSSR count). The van der Waals surface area contributed by atoms with Gasteiger partial charge in [-0.25, -0.2) is 0 Å². The number of aliphatic carboxylic acids is 1. The highest BCUT2D eigenvalue weighted by Crippen LogP contribution is 2.07. The highest BCUT2D eigenvalue weighted by molar-refractivity contribution is 5.92. The van der Waals surface area contributed by atoms with Gasteiger partial charge in [-0.2, -0.15) is 0 Å². The van der Waals surface area contributed by atoms with Gasteiger partial charge in [-0.15, -0.1) is 0 Å². The summed E-state index contributed by atoms with van der Waals surface area (Å²) in [6.07, 6.45) is 0.471. The van der Waals surface area contributed by atoms with Crippen LogP contribution in [0.25, 0.3) is 0 Å². The number of rotatable bonds is 4. The molecule has 0 atom stereocenters. The van der Waals surface area contributed by atoms with Crippen LogP contribution in [0.15, 0.2) is 24.3 Å². The van der Waals surface area contributed by atoms with Crippen molar-refractivity contribution in [2.75, 3.05) is 0 Å². The summed E-state index contributed by atoms with van der Waals surface area (Å²) >= 11 is 0. The molecule has 0 aliphatic rings. The van der Waals surface area contributed by atoms with Crippen molar-refractivity contribution in [3.63, 3.8) is 0 Å². The number of carboxylic acids is 1. The van der Waals surface area contributed by atoms with Gasteiger partial charge in [0.15, 0.2) is 0 Å². The molecule has 4 heteroatoms. The number of nitrogens with two attached hydrogens (primary N) is 1. The van der Waals surface area contributed by atoms with Gasteiger partial charge in [0, 0.05) is 12.0 Å². The first kappa shape index (κ1) is 10.2. The lowest BCUT2D eigenvalue weighted by Crippen LogP contribution is -2.11. The molecule has 0 fully saturated rings. The average molecular weight is 193 g/mol. The Balaban J connectivity index is 2.73. The van der Waals surface area contributed by atoms with Gasteiger partial charge in [0.05, 0.1) is 0 Å². The summed E-state index contributed by atoms with van der Waals surface area (Å²) in [7, 11) is 0. The maximum Gasteiger partial charge on any atom is 0.303 e. The quantitative estimate of drug-likeness (QED) is 0.742. The molecule has 1 amide bonds. The first-order valence-electron chi connectivity index (χ1n) is 4.20. The summed E-state index contributed by atoms with van der Waals surface area (Å²) in [4.78, 5) is 21.1. The molecule has 14 heavy (non-hydrogen) atoms. The molecule has 74 valence electrons. The standard InChI is InChI=1S/C10H11NO3/c11-10(14)8-3-1-2-7(6-8)4-5-9(12)13/h1-3,6H,4-5H2,(H2,11,14)(H,12,13). The molecule has 0 aliphatic carbocycles. The minimum absolute atomic E-state index is 0.0578. The van der Waals surface area contributed by atoms with E-state index >= 15 is 0 Å². The van der Waals surface area contributed by atoms with Crippen LogP contribution in [0.5, 0.6) is 0 Å². The Hall–Kier alpha value is -1.84. The van der Waals surface area contributed by atoms with Crippen LogP contribution >= 0.6 is 0 Å². The Morgan fingerprint density at radius 1 is 1.36 bits per heavy atom. The van der Waals surface area contributed by atoms with Gasteiger partial charge in [-0.05, 0) is 24.1 Å². The van der Waals surface area contributed by atoms with Gasteiger partial charge in [0.25, 0.3) is 0 Å². The van der Waals surface area contributed by atoms with Gasteiger partial charge < -0.3 is 10.8 Å². The van der Waals surface area contributed by atoms with Crippen molar-refractivity contribution in [2.45, 2.75) is 12.8 Å². The Kier molecular flexibility index (Phi) is 3.23. The number of aryl methyl sites for hydroxylation is 1. The summed E-state index contributed by atoms with van der Waals surface area (Å²) in [6, 6.07) is 6.69. The van der Waals surface area contributed by atoms with Crippen molar-refractivity contribution in [1.82, 2.24) is 0 Å². The maximum atomic E-state index is 10.8. The van der Waals surface area contributed by atoms with Crippen LogP contribution < -0.4 is 5.73 Å². The summed E-state index contributed by atoms with van der Waals surface area (Å²) in [5.41, 5.74) is 6.30. The van der Waals surface area contributed by atoms with Crippen molar-refractivity contribution in [3.8, 4) is 0 Å². The largest absolute Gasteiger partial charge is 0.481 e. The Morgan fingerprint density at radius 2 is 2.07 bits per heavy atom. The summed E-state index contributed by atoms with van der Waals surface area (Å²) in [5.74, 6) is -1.35. The van der Waals surface area contributed by atoms with Crippen molar-refractivity contribution in [2.24, 2.45) is 5.73 Å². The Labute approximate surface area is 81.3 Å². The van der Waals surface area contributed by atoms with Crippen LogP contribution in [0.3, 0.4) is 0 Å². The fourth-order valence-electron chi connectivity index (χ4n) is 1.13. The van der Waals surface area contributed by atoms with Crippen LogP contribution in [0.4, 0.5) is 0 Å².